The molecule has 0 spiro atoms. The van der Waals surface area contributed by atoms with Crippen LogP contribution in [0.25, 0.3) is 0 Å². The van der Waals surface area contributed by atoms with Crippen LogP contribution in [0.3, 0.4) is 0 Å². The maximum Gasteiger partial charge on any atom is 0.0512 e. The SMILES string of the molecule is CC(C)CCC[C@@H](C)[C@H]1CC[C@H]2[C@H](C/C=C\C(C)(C)CC[C@@H](C)O)CCC[C@]12C. The van der Waals surface area contributed by atoms with Crippen LogP contribution in [0.15, 0.2) is 12.2 Å². The second-order valence-corrected chi connectivity index (χ2v) is 12.3. The van der Waals surface area contributed by atoms with Crippen molar-refractivity contribution in [1.82, 2.24) is 0 Å². The van der Waals surface area contributed by atoms with E-state index in [2.05, 4.69) is 53.7 Å². The summed E-state index contributed by atoms with van der Waals surface area (Å²) in [7, 11) is 0. The monoisotopic (exact) mass is 404 g/mol. The summed E-state index contributed by atoms with van der Waals surface area (Å²) in [5.74, 6) is 4.54. The third-order valence-corrected chi connectivity index (χ3v) is 8.68. The van der Waals surface area contributed by atoms with Gasteiger partial charge in [-0.25, -0.2) is 0 Å². The Hall–Kier alpha value is -0.300. The van der Waals surface area contributed by atoms with Crippen molar-refractivity contribution in [2.24, 2.45) is 40.4 Å². The standard InChI is InChI=1S/C28H52O/c1-21(2)11-8-12-22(3)25-15-16-26-24(14-10-19-28(25,26)7)13-9-18-27(5,6)20-17-23(4)29/h9,18,21-26,29H,8,10-17,19-20H2,1-7H3/b18-9-/t22-,23-,24-,25-,26+,28-/m1/s1. The number of rotatable bonds is 11. The lowest BCUT2D eigenvalue weighted by atomic mass is 9.58. The van der Waals surface area contributed by atoms with Gasteiger partial charge < -0.3 is 5.11 Å². The van der Waals surface area contributed by atoms with Crippen molar-refractivity contribution in [3.63, 3.8) is 0 Å². The van der Waals surface area contributed by atoms with Gasteiger partial charge in [0.2, 0.25) is 0 Å². The molecule has 1 nitrogen and oxygen atoms in total. The minimum Gasteiger partial charge on any atom is -0.393 e. The van der Waals surface area contributed by atoms with Crippen molar-refractivity contribution >= 4 is 0 Å². The molecule has 2 rings (SSSR count). The molecule has 1 heteroatoms. The summed E-state index contributed by atoms with van der Waals surface area (Å²) >= 11 is 0. The van der Waals surface area contributed by atoms with Crippen LogP contribution in [0, 0.1) is 40.4 Å². The van der Waals surface area contributed by atoms with Gasteiger partial charge in [0, 0.05) is 0 Å². The van der Waals surface area contributed by atoms with E-state index in [0.717, 1.165) is 42.4 Å². The van der Waals surface area contributed by atoms with E-state index in [1.54, 1.807) is 0 Å². The molecule has 2 aliphatic rings. The van der Waals surface area contributed by atoms with E-state index in [0.29, 0.717) is 5.41 Å². The smallest absolute Gasteiger partial charge is 0.0512 e. The molecule has 2 fully saturated rings. The normalized spacial score (nSPS) is 32.7. The lowest BCUT2D eigenvalue weighted by Crippen LogP contribution is -2.39. The number of allylic oxidation sites excluding steroid dienone is 2. The van der Waals surface area contributed by atoms with Gasteiger partial charge >= 0.3 is 0 Å². The highest BCUT2D eigenvalue weighted by molar-refractivity contribution is 5.04. The fraction of sp³-hybridized carbons (Fsp3) is 0.929. The fourth-order valence-corrected chi connectivity index (χ4v) is 6.88. The largest absolute Gasteiger partial charge is 0.393 e. The number of fused-ring (bicyclic) bond motifs is 1. The van der Waals surface area contributed by atoms with Crippen molar-refractivity contribution in [2.45, 2.75) is 125 Å². The Kier molecular flexibility index (Phi) is 9.32. The fourth-order valence-electron chi connectivity index (χ4n) is 6.88. The lowest BCUT2D eigenvalue weighted by molar-refractivity contribution is 0.0292. The van der Waals surface area contributed by atoms with E-state index in [-0.39, 0.29) is 11.5 Å². The first-order valence-corrected chi connectivity index (χ1v) is 12.9. The van der Waals surface area contributed by atoms with Crippen molar-refractivity contribution in [2.75, 3.05) is 0 Å². The molecule has 2 saturated carbocycles. The Labute approximate surface area is 183 Å². The zero-order chi connectivity index (χ0) is 21.7. The Balaban J connectivity index is 1.92. The number of aliphatic hydroxyl groups excluding tert-OH is 1. The predicted octanol–water partition coefficient (Wildman–Crippen LogP) is 8.41. The molecule has 0 saturated heterocycles. The van der Waals surface area contributed by atoms with Crippen molar-refractivity contribution < 1.29 is 5.11 Å². The summed E-state index contributed by atoms with van der Waals surface area (Å²) in [4.78, 5) is 0. The number of hydrogen-bond acceptors (Lipinski definition) is 1. The zero-order valence-corrected chi connectivity index (χ0v) is 20.8. The van der Waals surface area contributed by atoms with Crippen molar-refractivity contribution in [1.29, 1.82) is 0 Å². The number of hydrogen-bond donors (Lipinski definition) is 1. The van der Waals surface area contributed by atoms with Crippen LogP contribution >= 0.6 is 0 Å². The van der Waals surface area contributed by atoms with Gasteiger partial charge in [-0.3, -0.25) is 0 Å². The first-order chi connectivity index (χ1) is 13.5. The van der Waals surface area contributed by atoms with Gasteiger partial charge in [-0.15, -0.1) is 0 Å². The summed E-state index contributed by atoms with van der Waals surface area (Å²) in [6.07, 6.45) is 19.6. The van der Waals surface area contributed by atoms with Gasteiger partial charge in [0.1, 0.15) is 0 Å². The van der Waals surface area contributed by atoms with Gasteiger partial charge in [0.05, 0.1) is 6.10 Å². The van der Waals surface area contributed by atoms with Crippen LogP contribution in [0.1, 0.15) is 119 Å². The topological polar surface area (TPSA) is 20.2 Å². The Morgan fingerprint density at radius 3 is 2.41 bits per heavy atom. The van der Waals surface area contributed by atoms with E-state index in [1.807, 2.05) is 6.92 Å². The molecule has 0 amide bonds. The van der Waals surface area contributed by atoms with Crippen LogP contribution in [0.2, 0.25) is 0 Å². The average molecular weight is 405 g/mol. The molecule has 0 bridgehead atoms. The molecule has 170 valence electrons. The minimum absolute atomic E-state index is 0.181. The van der Waals surface area contributed by atoms with E-state index in [9.17, 15) is 5.11 Å². The van der Waals surface area contributed by atoms with E-state index in [4.69, 9.17) is 0 Å². The molecule has 0 aromatic heterocycles. The van der Waals surface area contributed by atoms with Crippen LogP contribution in [-0.4, -0.2) is 11.2 Å². The van der Waals surface area contributed by atoms with Gasteiger partial charge in [0.15, 0.2) is 0 Å². The molecule has 2 aliphatic carbocycles. The van der Waals surface area contributed by atoms with Crippen LogP contribution < -0.4 is 0 Å². The molecule has 1 N–H and O–H groups in total. The molecule has 0 aromatic carbocycles. The van der Waals surface area contributed by atoms with Gasteiger partial charge in [0.25, 0.3) is 0 Å². The quantitative estimate of drug-likeness (QED) is 0.343. The van der Waals surface area contributed by atoms with Gasteiger partial charge in [-0.05, 0) is 92.3 Å². The Morgan fingerprint density at radius 2 is 1.76 bits per heavy atom. The summed E-state index contributed by atoms with van der Waals surface area (Å²) in [6, 6.07) is 0. The third-order valence-electron chi connectivity index (χ3n) is 8.68. The van der Waals surface area contributed by atoms with Crippen LogP contribution in [0.4, 0.5) is 0 Å². The molecule has 0 aromatic rings. The maximum atomic E-state index is 9.60. The molecule has 0 radical (unpaired) electrons. The molecule has 0 aliphatic heterocycles. The zero-order valence-electron chi connectivity index (χ0n) is 20.8. The summed E-state index contributed by atoms with van der Waals surface area (Å²) in [5.41, 5.74) is 0.800. The van der Waals surface area contributed by atoms with Gasteiger partial charge in [-0.1, -0.05) is 79.4 Å². The second kappa shape index (κ2) is 10.8. The number of aliphatic hydroxyl groups is 1. The highest BCUT2D eigenvalue weighted by Crippen LogP contribution is 2.60. The summed E-state index contributed by atoms with van der Waals surface area (Å²) in [6.45, 7) is 16.5. The summed E-state index contributed by atoms with van der Waals surface area (Å²) < 4.78 is 0. The van der Waals surface area contributed by atoms with Crippen LogP contribution in [-0.2, 0) is 0 Å². The Morgan fingerprint density at radius 1 is 1.03 bits per heavy atom. The van der Waals surface area contributed by atoms with Crippen molar-refractivity contribution in [3.05, 3.63) is 12.2 Å². The predicted molar refractivity (Wildman–Crippen MR) is 128 cm³/mol. The Bertz CT molecular complexity index is 502. The third kappa shape index (κ3) is 7.12. The van der Waals surface area contributed by atoms with E-state index < -0.39 is 0 Å². The van der Waals surface area contributed by atoms with Crippen molar-refractivity contribution in [3.8, 4) is 0 Å². The van der Waals surface area contributed by atoms with Crippen LogP contribution in [0.5, 0.6) is 0 Å². The van der Waals surface area contributed by atoms with Gasteiger partial charge in [-0.2, -0.15) is 0 Å². The molecule has 0 heterocycles. The minimum atomic E-state index is -0.181. The first kappa shape index (κ1) is 25.0. The molecule has 29 heavy (non-hydrogen) atoms. The highest BCUT2D eigenvalue weighted by atomic mass is 16.3. The average Bonchev–Trinajstić information content (AvgIpc) is 2.97. The maximum absolute atomic E-state index is 9.60. The second-order valence-electron chi connectivity index (χ2n) is 12.3. The molecular formula is C28H52O. The first-order valence-electron chi connectivity index (χ1n) is 12.9. The lowest BCUT2D eigenvalue weighted by Gasteiger charge is -2.47. The summed E-state index contributed by atoms with van der Waals surface area (Å²) in [5, 5.41) is 9.60. The van der Waals surface area contributed by atoms with E-state index in [1.165, 1.54) is 57.8 Å². The molecule has 0 unspecified atom stereocenters. The van der Waals surface area contributed by atoms with E-state index >= 15 is 0 Å². The molecular weight excluding hydrogens is 352 g/mol. The molecule has 6 atom stereocenters. The highest BCUT2D eigenvalue weighted by Gasteiger charge is 2.51.